The zero-order valence-corrected chi connectivity index (χ0v) is 19.2. The molecule has 2 fully saturated rings. The summed E-state index contributed by atoms with van der Waals surface area (Å²) in [5.41, 5.74) is 1.78. The van der Waals surface area contributed by atoms with E-state index in [9.17, 15) is 18.8 Å². The molecule has 0 saturated carbocycles. The number of carbonyl (C=O) groups excluding carboxylic acids is 3. The van der Waals surface area contributed by atoms with Crippen LogP contribution < -0.4 is 15.1 Å². The Bertz CT molecular complexity index is 1270. The number of rotatable bonds is 5. The Morgan fingerprint density at radius 1 is 1.17 bits per heavy atom. The average molecular weight is 481 g/mol. The number of H-pyrrole nitrogens is 1. The molecular formula is C24H25FN6O4. The Kier molecular flexibility index (Phi) is 5.98. The van der Waals surface area contributed by atoms with E-state index in [1.54, 1.807) is 23.2 Å². The van der Waals surface area contributed by atoms with Crippen LogP contribution in [0.4, 0.5) is 20.7 Å². The molecule has 5 rings (SSSR count). The van der Waals surface area contributed by atoms with Crippen LogP contribution in [0.15, 0.2) is 42.6 Å². The molecule has 2 saturated heterocycles. The van der Waals surface area contributed by atoms with E-state index in [4.69, 9.17) is 4.74 Å². The van der Waals surface area contributed by atoms with Crippen molar-refractivity contribution in [2.75, 3.05) is 49.1 Å². The normalized spacial score (nSPS) is 18.2. The average Bonchev–Trinajstić information content (AvgIpc) is 3.45. The molecule has 3 aromatic rings. The molecule has 2 aliphatic rings. The molecule has 1 atom stereocenters. The van der Waals surface area contributed by atoms with E-state index >= 15 is 0 Å². The number of aromatic nitrogens is 2. The predicted molar refractivity (Wildman–Crippen MR) is 127 cm³/mol. The summed E-state index contributed by atoms with van der Waals surface area (Å²) in [4.78, 5) is 49.1. The molecule has 182 valence electrons. The molecule has 0 radical (unpaired) electrons. The van der Waals surface area contributed by atoms with Gasteiger partial charge in [-0.2, -0.15) is 0 Å². The van der Waals surface area contributed by atoms with Crippen LogP contribution in [0.2, 0.25) is 0 Å². The predicted octanol–water partition coefficient (Wildman–Crippen LogP) is 2.13. The number of amides is 3. The highest BCUT2D eigenvalue weighted by Gasteiger charge is 2.32. The second kappa shape index (κ2) is 9.24. The number of hydrogen-bond donors (Lipinski definition) is 2. The number of halogens is 1. The lowest BCUT2D eigenvalue weighted by atomic mass is 10.2. The Morgan fingerprint density at radius 3 is 2.69 bits per heavy atom. The minimum atomic E-state index is -0.471. The fourth-order valence-electron chi connectivity index (χ4n) is 4.35. The maximum absolute atomic E-state index is 13.5. The molecule has 10 nitrogen and oxygen atoms in total. The number of ether oxygens (including phenoxy) is 1. The van der Waals surface area contributed by atoms with Crippen molar-refractivity contribution in [2.24, 2.45) is 0 Å². The first-order valence-electron chi connectivity index (χ1n) is 11.4. The van der Waals surface area contributed by atoms with Gasteiger partial charge < -0.3 is 24.8 Å². The van der Waals surface area contributed by atoms with E-state index in [-0.39, 0.29) is 24.2 Å². The van der Waals surface area contributed by atoms with Crippen molar-refractivity contribution >= 4 is 40.3 Å². The van der Waals surface area contributed by atoms with Crippen molar-refractivity contribution in [1.82, 2.24) is 20.2 Å². The van der Waals surface area contributed by atoms with Gasteiger partial charge in [-0.05, 0) is 36.4 Å². The van der Waals surface area contributed by atoms with Crippen LogP contribution >= 0.6 is 0 Å². The highest BCUT2D eigenvalue weighted by Crippen LogP contribution is 2.24. The number of nitrogens with zero attached hydrogens (tertiary/aromatic N) is 4. The summed E-state index contributed by atoms with van der Waals surface area (Å²) in [5, 5.41) is 3.32. The molecule has 2 N–H and O–H groups in total. The second-order valence-electron chi connectivity index (χ2n) is 8.62. The molecule has 2 aromatic heterocycles. The molecule has 0 bridgehead atoms. The number of piperazine rings is 1. The van der Waals surface area contributed by atoms with Gasteiger partial charge >= 0.3 is 6.09 Å². The largest absolute Gasteiger partial charge is 0.442 e. The van der Waals surface area contributed by atoms with Crippen LogP contribution in [0.1, 0.15) is 17.4 Å². The maximum Gasteiger partial charge on any atom is 0.414 e. The number of aromatic amines is 1. The van der Waals surface area contributed by atoms with Gasteiger partial charge in [0.05, 0.1) is 25.0 Å². The van der Waals surface area contributed by atoms with E-state index in [0.717, 1.165) is 11.3 Å². The number of nitrogens with one attached hydrogen (secondary N) is 2. The summed E-state index contributed by atoms with van der Waals surface area (Å²) in [5.74, 6) is 0.119. The topological polar surface area (TPSA) is 111 Å². The number of cyclic esters (lactones) is 1. The fraction of sp³-hybridized carbons (Fsp3) is 0.333. The smallest absolute Gasteiger partial charge is 0.414 e. The fourth-order valence-corrected chi connectivity index (χ4v) is 4.35. The van der Waals surface area contributed by atoms with Crippen LogP contribution in [0.3, 0.4) is 0 Å². The van der Waals surface area contributed by atoms with Gasteiger partial charge in [0.25, 0.3) is 5.91 Å². The van der Waals surface area contributed by atoms with Crippen molar-refractivity contribution < 1.29 is 23.5 Å². The number of anilines is 2. The first-order valence-corrected chi connectivity index (χ1v) is 11.4. The Balaban J connectivity index is 1.18. The Hall–Kier alpha value is -4.15. The highest BCUT2D eigenvalue weighted by molar-refractivity contribution is 5.98. The zero-order valence-electron chi connectivity index (χ0n) is 19.2. The van der Waals surface area contributed by atoms with E-state index in [1.165, 1.54) is 24.0 Å². The highest BCUT2D eigenvalue weighted by atomic mass is 19.1. The van der Waals surface area contributed by atoms with Gasteiger partial charge in [0.15, 0.2) is 0 Å². The van der Waals surface area contributed by atoms with Gasteiger partial charge in [-0.1, -0.05) is 0 Å². The van der Waals surface area contributed by atoms with E-state index in [1.807, 2.05) is 12.1 Å². The van der Waals surface area contributed by atoms with Crippen LogP contribution in [0.5, 0.6) is 0 Å². The minimum Gasteiger partial charge on any atom is -0.442 e. The molecule has 35 heavy (non-hydrogen) atoms. The minimum absolute atomic E-state index is 0.120. The quantitative estimate of drug-likeness (QED) is 0.579. The standard InChI is InChI=1S/C24H25FN6O4/c1-15(32)26-13-19-14-31(24(34)35-19)18-3-5-22(27-12-18)29-6-8-30(9-7-29)23(33)21-11-16-10-17(25)2-4-20(16)28-21/h2-5,10-12,19,28H,6-9,13-14H2,1H3,(H,26,32)/t19-/m0/s1. The third-order valence-corrected chi connectivity index (χ3v) is 6.20. The van der Waals surface area contributed by atoms with Crippen LogP contribution in [0, 0.1) is 5.82 Å². The number of fused-ring (bicyclic) bond motifs is 1. The Morgan fingerprint density at radius 2 is 1.97 bits per heavy atom. The van der Waals surface area contributed by atoms with Crippen molar-refractivity contribution in [2.45, 2.75) is 13.0 Å². The number of pyridine rings is 1. The Labute approximate surface area is 200 Å². The van der Waals surface area contributed by atoms with Gasteiger partial charge in [-0.25, -0.2) is 14.2 Å². The second-order valence-corrected chi connectivity index (χ2v) is 8.62. The number of hydrogen-bond acceptors (Lipinski definition) is 6. The molecule has 11 heteroatoms. The number of carbonyl (C=O) groups is 3. The maximum atomic E-state index is 13.5. The van der Waals surface area contributed by atoms with Gasteiger partial charge in [0, 0.05) is 44.0 Å². The summed E-state index contributed by atoms with van der Waals surface area (Å²) < 4.78 is 18.7. The van der Waals surface area contributed by atoms with Crippen LogP contribution in [-0.2, 0) is 9.53 Å². The zero-order chi connectivity index (χ0) is 24.5. The first-order chi connectivity index (χ1) is 16.9. The summed E-state index contributed by atoms with van der Waals surface area (Å²) in [6.45, 7) is 4.28. The van der Waals surface area contributed by atoms with Gasteiger partial charge in [0.2, 0.25) is 5.91 Å². The molecule has 4 heterocycles. The SMILES string of the molecule is CC(=O)NC[C@H]1CN(c2ccc(N3CCN(C(=O)c4cc5cc(F)ccc5[nH]4)CC3)nc2)C(=O)O1. The van der Waals surface area contributed by atoms with Crippen molar-refractivity contribution in [1.29, 1.82) is 0 Å². The van der Waals surface area contributed by atoms with Gasteiger partial charge in [-0.3, -0.25) is 14.5 Å². The summed E-state index contributed by atoms with van der Waals surface area (Å²) in [7, 11) is 0. The van der Waals surface area contributed by atoms with Crippen molar-refractivity contribution in [3.63, 3.8) is 0 Å². The van der Waals surface area contributed by atoms with E-state index in [0.29, 0.717) is 49.5 Å². The molecule has 0 unspecified atom stereocenters. The van der Waals surface area contributed by atoms with Gasteiger partial charge in [-0.15, -0.1) is 0 Å². The van der Waals surface area contributed by atoms with Crippen LogP contribution in [0.25, 0.3) is 10.9 Å². The molecule has 1 aromatic carbocycles. The summed E-state index contributed by atoms with van der Waals surface area (Å²) >= 11 is 0. The van der Waals surface area contributed by atoms with E-state index < -0.39 is 12.2 Å². The lowest BCUT2D eigenvalue weighted by molar-refractivity contribution is -0.119. The first kappa shape index (κ1) is 22.6. The van der Waals surface area contributed by atoms with Gasteiger partial charge in [0.1, 0.15) is 23.4 Å². The molecular weight excluding hydrogens is 455 g/mol. The molecule has 0 aliphatic carbocycles. The third kappa shape index (κ3) is 4.75. The lowest BCUT2D eigenvalue weighted by Gasteiger charge is -2.35. The molecule has 0 spiro atoms. The molecule has 3 amide bonds. The molecule has 2 aliphatic heterocycles. The third-order valence-electron chi connectivity index (χ3n) is 6.20. The summed E-state index contributed by atoms with van der Waals surface area (Å²) in [6, 6.07) is 9.72. The van der Waals surface area contributed by atoms with E-state index in [2.05, 4.69) is 20.2 Å². The van der Waals surface area contributed by atoms with Crippen LogP contribution in [-0.4, -0.2) is 78.1 Å². The van der Waals surface area contributed by atoms with Crippen molar-refractivity contribution in [3.05, 3.63) is 54.1 Å². The number of benzene rings is 1. The lowest BCUT2D eigenvalue weighted by Crippen LogP contribution is -2.49. The monoisotopic (exact) mass is 480 g/mol. The van der Waals surface area contributed by atoms with Crippen molar-refractivity contribution in [3.8, 4) is 0 Å². The summed E-state index contributed by atoms with van der Waals surface area (Å²) in [6.07, 6.45) is 0.744.